The smallest absolute Gasteiger partial charge is 0.243 e. The summed E-state index contributed by atoms with van der Waals surface area (Å²) in [5.74, 6) is 0.731. The highest BCUT2D eigenvalue weighted by Gasteiger charge is 2.14. The number of nitrogens with one attached hydrogen (secondary N) is 1. The Bertz CT molecular complexity index is 263. The maximum Gasteiger partial charge on any atom is 0.243 e. The number of carbonyl (C=O) groups excluding carboxylic acids is 1. The molecule has 1 amide bonds. The largest absolute Gasteiger partial charge is 0.374 e. The van der Waals surface area contributed by atoms with E-state index >= 15 is 0 Å². The SMILES string of the molecule is O=C(/C=C/C1CCCO1)NCC1CCCCC1. The molecule has 0 radical (unpaired) electrons. The van der Waals surface area contributed by atoms with Gasteiger partial charge in [0.1, 0.15) is 0 Å². The van der Waals surface area contributed by atoms with Crippen molar-refractivity contribution < 1.29 is 9.53 Å². The van der Waals surface area contributed by atoms with E-state index in [1.807, 2.05) is 6.08 Å². The topological polar surface area (TPSA) is 38.3 Å². The first-order valence-corrected chi connectivity index (χ1v) is 6.92. The Labute approximate surface area is 104 Å². The molecule has 2 rings (SSSR count). The van der Waals surface area contributed by atoms with E-state index in [2.05, 4.69) is 5.32 Å². The molecule has 1 saturated heterocycles. The van der Waals surface area contributed by atoms with Crippen LogP contribution in [0.15, 0.2) is 12.2 Å². The van der Waals surface area contributed by atoms with Gasteiger partial charge in [-0.15, -0.1) is 0 Å². The Morgan fingerprint density at radius 1 is 1.18 bits per heavy atom. The summed E-state index contributed by atoms with van der Waals surface area (Å²) in [6.45, 7) is 1.67. The highest BCUT2D eigenvalue weighted by Crippen LogP contribution is 2.22. The number of rotatable bonds is 4. The van der Waals surface area contributed by atoms with Crippen LogP contribution >= 0.6 is 0 Å². The Morgan fingerprint density at radius 2 is 2.00 bits per heavy atom. The van der Waals surface area contributed by atoms with Crippen LogP contribution in [0.3, 0.4) is 0 Å². The van der Waals surface area contributed by atoms with Gasteiger partial charge in [0.25, 0.3) is 0 Å². The van der Waals surface area contributed by atoms with Crippen LogP contribution < -0.4 is 5.32 Å². The Balaban J connectivity index is 1.62. The summed E-state index contributed by atoms with van der Waals surface area (Å²) in [6.07, 6.45) is 12.4. The van der Waals surface area contributed by atoms with E-state index in [1.54, 1.807) is 6.08 Å². The van der Waals surface area contributed by atoms with E-state index in [0.29, 0.717) is 5.92 Å². The minimum Gasteiger partial charge on any atom is -0.374 e. The lowest BCUT2D eigenvalue weighted by Crippen LogP contribution is -2.29. The third-order valence-electron chi connectivity index (χ3n) is 3.72. The molecule has 1 heterocycles. The van der Waals surface area contributed by atoms with Crippen molar-refractivity contribution in [2.45, 2.75) is 51.0 Å². The molecule has 3 nitrogen and oxygen atoms in total. The van der Waals surface area contributed by atoms with Crippen LogP contribution in [0, 0.1) is 5.92 Å². The minimum atomic E-state index is 0.0334. The zero-order valence-electron chi connectivity index (χ0n) is 10.5. The van der Waals surface area contributed by atoms with Crippen molar-refractivity contribution in [2.24, 2.45) is 5.92 Å². The van der Waals surface area contributed by atoms with Crippen LogP contribution in [0.2, 0.25) is 0 Å². The fourth-order valence-corrected chi connectivity index (χ4v) is 2.64. The van der Waals surface area contributed by atoms with Gasteiger partial charge in [-0.1, -0.05) is 25.3 Å². The summed E-state index contributed by atoms with van der Waals surface area (Å²) in [4.78, 5) is 11.6. The lowest BCUT2D eigenvalue weighted by Gasteiger charge is -2.21. The van der Waals surface area contributed by atoms with Gasteiger partial charge in [-0.25, -0.2) is 0 Å². The van der Waals surface area contributed by atoms with E-state index in [9.17, 15) is 4.79 Å². The molecular formula is C14H23NO2. The number of ether oxygens (including phenoxy) is 1. The Morgan fingerprint density at radius 3 is 2.71 bits per heavy atom. The predicted octanol–water partition coefficient (Wildman–Crippen LogP) is 2.42. The van der Waals surface area contributed by atoms with Gasteiger partial charge >= 0.3 is 0 Å². The quantitative estimate of drug-likeness (QED) is 0.763. The van der Waals surface area contributed by atoms with Crippen LogP contribution in [0.4, 0.5) is 0 Å². The molecule has 0 bridgehead atoms. The molecule has 0 aromatic heterocycles. The first-order valence-electron chi connectivity index (χ1n) is 6.92. The molecule has 0 spiro atoms. The van der Waals surface area contributed by atoms with E-state index in [1.165, 1.54) is 32.1 Å². The summed E-state index contributed by atoms with van der Waals surface area (Å²) in [7, 11) is 0. The molecule has 0 aromatic carbocycles. The normalized spacial score (nSPS) is 26.5. The lowest BCUT2D eigenvalue weighted by atomic mass is 9.89. The zero-order valence-corrected chi connectivity index (χ0v) is 10.5. The number of amides is 1. The summed E-state index contributed by atoms with van der Waals surface area (Å²) < 4.78 is 5.43. The third-order valence-corrected chi connectivity index (χ3v) is 3.72. The third kappa shape index (κ3) is 4.50. The molecule has 1 atom stereocenters. The van der Waals surface area contributed by atoms with Crippen molar-refractivity contribution in [3.8, 4) is 0 Å². The second-order valence-electron chi connectivity index (χ2n) is 5.16. The maximum absolute atomic E-state index is 11.6. The van der Waals surface area contributed by atoms with Crippen LogP contribution in [0.25, 0.3) is 0 Å². The number of carbonyl (C=O) groups is 1. The minimum absolute atomic E-state index is 0.0334. The number of hydrogen-bond acceptors (Lipinski definition) is 2. The fraction of sp³-hybridized carbons (Fsp3) is 0.786. The van der Waals surface area contributed by atoms with Gasteiger partial charge in [-0.05, 0) is 31.6 Å². The summed E-state index contributed by atoms with van der Waals surface area (Å²) in [5, 5.41) is 3.00. The molecule has 1 aliphatic carbocycles. The van der Waals surface area contributed by atoms with Crippen LogP contribution in [0.5, 0.6) is 0 Å². The summed E-state index contributed by atoms with van der Waals surface area (Å²) in [6, 6.07) is 0. The molecule has 2 aliphatic rings. The molecule has 1 N–H and O–H groups in total. The van der Waals surface area contributed by atoms with E-state index in [4.69, 9.17) is 4.74 Å². The second kappa shape index (κ2) is 6.80. The highest BCUT2D eigenvalue weighted by molar-refractivity contribution is 5.87. The van der Waals surface area contributed by atoms with Crippen LogP contribution in [0.1, 0.15) is 44.9 Å². The van der Waals surface area contributed by atoms with Gasteiger partial charge in [0.05, 0.1) is 6.10 Å². The van der Waals surface area contributed by atoms with Gasteiger partial charge in [-0.3, -0.25) is 4.79 Å². The van der Waals surface area contributed by atoms with E-state index in [-0.39, 0.29) is 12.0 Å². The van der Waals surface area contributed by atoms with Gasteiger partial charge in [-0.2, -0.15) is 0 Å². The Kier molecular flexibility index (Phi) is 5.05. The first kappa shape index (κ1) is 12.6. The molecule has 1 unspecified atom stereocenters. The summed E-state index contributed by atoms with van der Waals surface area (Å²) >= 11 is 0. The van der Waals surface area contributed by atoms with Crippen molar-refractivity contribution in [2.75, 3.05) is 13.2 Å². The lowest BCUT2D eigenvalue weighted by molar-refractivity contribution is -0.116. The van der Waals surface area contributed by atoms with Crippen molar-refractivity contribution >= 4 is 5.91 Å². The molecular weight excluding hydrogens is 214 g/mol. The molecule has 96 valence electrons. The summed E-state index contributed by atoms with van der Waals surface area (Å²) in [5.41, 5.74) is 0. The van der Waals surface area contributed by atoms with Crippen molar-refractivity contribution in [1.29, 1.82) is 0 Å². The Hall–Kier alpha value is -0.830. The highest BCUT2D eigenvalue weighted by atomic mass is 16.5. The molecule has 3 heteroatoms. The molecule has 1 aliphatic heterocycles. The van der Waals surface area contributed by atoms with E-state index in [0.717, 1.165) is 26.0 Å². The molecule has 2 fully saturated rings. The van der Waals surface area contributed by atoms with Gasteiger partial charge in [0, 0.05) is 19.2 Å². The average molecular weight is 237 g/mol. The predicted molar refractivity (Wildman–Crippen MR) is 67.7 cm³/mol. The molecule has 0 aromatic rings. The molecule has 1 saturated carbocycles. The fourth-order valence-electron chi connectivity index (χ4n) is 2.64. The van der Waals surface area contributed by atoms with Gasteiger partial charge < -0.3 is 10.1 Å². The van der Waals surface area contributed by atoms with Crippen molar-refractivity contribution in [3.05, 3.63) is 12.2 Å². The standard InChI is InChI=1S/C14H23NO2/c16-14(9-8-13-7-4-10-17-13)15-11-12-5-2-1-3-6-12/h8-9,12-13H,1-7,10-11H2,(H,15,16)/b9-8+. The van der Waals surface area contributed by atoms with Crippen molar-refractivity contribution in [3.63, 3.8) is 0 Å². The van der Waals surface area contributed by atoms with Gasteiger partial charge in [0.15, 0.2) is 0 Å². The maximum atomic E-state index is 11.6. The number of hydrogen-bond donors (Lipinski definition) is 1. The van der Waals surface area contributed by atoms with Crippen LogP contribution in [-0.4, -0.2) is 25.2 Å². The van der Waals surface area contributed by atoms with E-state index < -0.39 is 0 Å². The monoisotopic (exact) mass is 237 g/mol. The van der Waals surface area contributed by atoms with Crippen molar-refractivity contribution in [1.82, 2.24) is 5.32 Å². The first-order chi connectivity index (χ1) is 8.34. The zero-order chi connectivity index (χ0) is 11.9. The molecule has 17 heavy (non-hydrogen) atoms. The second-order valence-corrected chi connectivity index (χ2v) is 5.16. The van der Waals surface area contributed by atoms with Crippen LogP contribution in [-0.2, 0) is 9.53 Å². The average Bonchev–Trinajstić information content (AvgIpc) is 2.88. The van der Waals surface area contributed by atoms with Gasteiger partial charge in [0.2, 0.25) is 5.91 Å².